The van der Waals surface area contributed by atoms with Crippen molar-refractivity contribution in [2.45, 2.75) is 58.9 Å². The lowest BCUT2D eigenvalue weighted by Crippen LogP contribution is -2.20. The highest BCUT2D eigenvalue weighted by Crippen LogP contribution is 2.29. The molecule has 20 heavy (non-hydrogen) atoms. The van der Waals surface area contributed by atoms with Gasteiger partial charge in [-0.25, -0.2) is 0 Å². The van der Waals surface area contributed by atoms with Gasteiger partial charge in [-0.2, -0.15) is 0 Å². The number of furan rings is 1. The summed E-state index contributed by atoms with van der Waals surface area (Å²) in [6, 6.07) is 9.15. The van der Waals surface area contributed by atoms with Gasteiger partial charge >= 0.3 is 0 Å². The Hall–Kier alpha value is -1.28. The van der Waals surface area contributed by atoms with E-state index in [0.717, 1.165) is 30.7 Å². The first-order chi connectivity index (χ1) is 9.69. The van der Waals surface area contributed by atoms with Crippen molar-refractivity contribution in [3.8, 4) is 0 Å². The van der Waals surface area contributed by atoms with E-state index in [2.05, 4.69) is 57.3 Å². The summed E-state index contributed by atoms with van der Waals surface area (Å²) in [7, 11) is 0. The summed E-state index contributed by atoms with van der Waals surface area (Å²) in [5.41, 5.74) is 2.41. The highest BCUT2D eigenvalue weighted by Gasteiger charge is 2.15. The molecular formula is C18H27NO. The van der Waals surface area contributed by atoms with Crippen LogP contribution in [0, 0.1) is 0 Å². The van der Waals surface area contributed by atoms with E-state index >= 15 is 0 Å². The molecule has 1 N–H and O–H groups in total. The van der Waals surface area contributed by atoms with Gasteiger partial charge in [0.25, 0.3) is 0 Å². The van der Waals surface area contributed by atoms with Crippen molar-refractivity contribution in [2.24, 2.45) is 0 Å². The standard InChI is InChI=1S/C18H27NO/c1-5-8-16(19-7-3)18-12-15-11-14(13(4)6-2)9-10-17(15)20-18/h9-13,16,19H,5-8H2,1-4H3. The van der Waals surface area contributed by atoms with Crippen LogP contribution in [0.5, 0.6) is 0 Å². The van der Waals surface area contributed by atoms with Gasteiger partial charge in [-0.3, -0.25) is 0 Å². The van der Waals surface area contributed by atoms with Crippen LogP contribution in [-0.4, -0.2) is 6.54 Å². The second kappa shape index (κ2) is 6.94. The Bertz CT molecular complexity index is 537. The molecule has 2 unspecified atom stereocenters. The second-order valence-electron chi connectivity index (χ2n) is 5.65. The molecule has 0 aliphatic heterocycles. The minimum atomic E-state index is 0.337. The average molecular weight is 273 g/mol. The zero-order chi connectivity index (χ0) is 14.5. The van der Waals surface area contributed by atoms with Crippen LogP contribution in [0.25, 0.3) is 11.0 Å². The maximum atomic E-state index is 6.04. The summed E-state index contributed by atoms with van der Waals surface area (Å²) >= 11 is 0. The van der Waals surface area contributed by atoms with Crippen LogP contribution in [0.4, 0.5) is 0 Å². The Labute approximate surface area is 122 Å². The Morgan fingerprint density at radius 2 is 1.95 bits per heavy atom. The fourth-order valence-corrected chi connectivity index (χ4v) is 2.68. The summed E-state index contributed by atoms with van der Waals surface area (Å²) < 4.78 is 6.04. The molecule has 0 spiro atoms. The van der Waals surface area contributed by atoms with E-state index < -0.39 is 0 Å². The minimum Gasteiger partial charge on any atom is -0.459 e. The van der Waals surface area contributed by atoms with Gasteiger partial charge in [-0.05, 0) is 49.1 Å². The maximum Gasteiger partial charge on any atom is 0.134 e. The second-order valence-corrected chi connectivity index (χ2v) is 5.65. The van der Waals surface area contributed by atoms with Crippen molar-refractivity contribution < 1.29 is 4.42 Å². The normalized spacial score (nSPS) is 14.6. The van der Waals surface area contributed by atoms with Crippen LogP contribution in [0.3, 0.4) is 0 Å². The van der Waals surface area contributed by atoms with Crippen LogP contribution in [0.2, 0.25) is 0 Å². The molecule has 0 bridgehead atoms. The zero-order valence-electron chi connectivity index (χ0n) is 13.2. The Balaban J connectivity index is 2.32. The molecule has 110 valence electrons. The SMILES string of the molecule is CCCC(NCC)c1cc2cc(C(C)CC)ccc2o1. The fourth-order valence-electron chi connectivity index (χ4n) is 2.68. The monoisotopic (exact) mass is 273 g/mol. The van der Waals surface area contributed by atoms with Gasteiger partial charge in [-0.15, -0.1) is 0 Å². The first-order valence-electron chi connectivity index (χ1n) is 7.96. The van der Waals surface area contributed by atoms with Crippen LogP contribution in [-0.2, 0) is 0 Å². The molecule has 1 heterocycles. The molecule has 1 aromatic heterocycles. The van der Waals surface area contributed by atoms with E-state index in [9.17, 15) is 0 Å². The number of rotatable bonds is 7. The van der Waals surface area contributed by atoms with E-state index in [1.165, 1.54) is 17.4 Å². The van der Waals surface area contributed by atoms with E-state index in [1.807, 2.05) is 0 Å². The van der Waals surface area contributed by atoms with Crippen LogP contribution < -0.4 is 5.32 Å². The smallest absolute Gasteiger partial charge is 0.134 e. The molecule has 2 aromatic rings. The molecule has 2 atom stereocenters. The summed E-state index contributed by atoms with van der Waals surface area (Å²) in [5.74, 6) is 1.68. The molecule has 2 nitrogen and oxygen atoms in total. The zero-order valence-corrected chi connectivity index (χ0v) is 13.2. The molecule has 0 radical (unpaired) electrons. The molecule has 0 saturated carbocycles. The van der Waals surface area contributed by atoms with Crippen LogP contribution >= 0.6 is 0 Å². The van der Waals surface area contributed by atoms with Gasteiger partial charge in [0, 0.05) is 5.39 Å². The largest absolute Gasteiger partial charge is 0.459 e. The fraction of sp³-hybridized carbons (Fsp3) is 0.556. The lowest BCUT2D eigenvalue weighted by molar-refractivity contribution is 0.414. The van der Waals surface area contributed by atoms with Gasteiger partial charge in [0.15, 0.2) is 0 Å². The summed E-state index contributed by atoms with van der Waals surface area (Å²) in [4.78, 5) is 0. The number of hydrogen-bond donors (Lipinski definition) is 1. The van der Waals surface area contributed by atoms with Gasteiger partial charge in [-0.1, -0.05) is 40.2 Å². The molecule has 0 aliphatic rings. The molecular weight excluding hydrogens is 246 g/mol. The molecule has 0 saturated heterocycles. The maximum absolute atomic E-state index is 6.04. The van der Waals surface area contributed by atoms with Gasteiger partial charge in [0.2, 0.25) is 0 Å². The topological polar surface area (TPSA) is 25.2 Å². The Morgan fingerprint density at radius 3 is 2.60 bits per heavy atom. The van der Waals surface area contributed by atoms with Crippen molar-refractivity contribution in [3.63, 3.8) is 0 Å². The summed E-state index contributed by atoms with van der Waals surface area (Å²) in [6.07, 6.45) is 3.45. The van der Waals surface area contributed by atoms with Crippen LogP contribution in [0.1, 0.15) is 70.2 Å². The van der Waals surface area contributed by atoms with Gasteiger partial charge in [0.1, 0.15) is 11.3 Å². The van der Waals surface area contributed by atoms with Gasteiger partial charge in [0.05, 0.1) is 6.04 Å². The molecule has 0 aliphatic carbocycles. The van der Waals surface area contributed by atoms with Crippen molar-refractivity contribution in [1.29, 1.82) is 0 Å². The number of hydrogen-bond acceptors (Lipinski definition) is 2. The van der Waals surface area contributed by atoms with E-state index in [4.69, 9.17) is 4.42 Å². The lowest BCUT2D eigenvalue weighted by Gasteiger charge is -2.13. The summed E-state index contributed by atoms with van der Waals surface area (Å²) in [6.45, 7) is 9.85. The van der Waals surface area contributed by atoms with Gasteiger partial charge < -0.3 is 9.73 Å². The third kappa shape index (κ3) is 3.24. The third-order valence-electron chi connectivity index (χ3n) is 4.11. The minimum absolute atomic E-state index is 0.337. The highest BCUT2D eigenvalue weighted by atomic mass is 16.3. The average Bonchev–Trinajstić information content (AvgIpc) is 2.89. The van der Waals surface area contributed by atoms with Crippen molar-refractivity contribution in [1.82, 2.24) is 5.32 Å². The molecule has 0 fully saturated rings. The molecule has 2 rings (SSSR count). The van der Waals surface area contributed by atoms with Crippen LogP contribution in [0.15, 0.2) is 28.7 Å². The number of fused-ring (bicyclic) bond motifs is 1. The lowest BCUT2D eigenvalue weighted by atomic mass is 9.97. The van der Waals surface area contributed by atoms with Crippen molar-refractivity contribution in [2.75, 3.05) is 6.54 Å². The third-order valence-corrected chi connectivity index (χ3v) is 4.11. The van der Waals surface area contributed by atoms with E-state index in [-0.39, 0.29) is 0 Å². The predicted octanol–water partition coefficient (Wildman–Crippen LogP) is 5.40. The van der Waals surface area contributed by atoms with Crippen molar-refractivity contribution >= 4 is 11.0 Å². The molecule has 1 aromatic carbocycles. The Kier molecular flexibility index (Phi) is 5.24. The van der Waals surface area contributed by atoms with E-state index in [1.54, 1.807) is 0 Å². The Morgan fingerprint density at radius 1 is 1.15 bits per heavy atom. The number of benzene rings is 1. The molecule has 2 heteroatoms. The summed E-state index contributed by atoms with van der Waals surface area (Å²) in [5, 5.41) is 4.75. The van der Waals surface area contributed by atoms with Crippen molar-refractivity contribution in [3.05, 3.63) is 35.6 Å². The quantitative estimate of drug-likeness (QED) is 0.731. The highest BCUT2D eigenvalue weighted by molar-refractivity contribution is 5.79. The van der Waals surface area contributed by atoms with E-state index in [0.29, 0.717) is 12.0 Å². The first-order valence-corrected chi connectivity index (χ1v) is 7.96. The predicted molar refractivity (Wildman–Crippen MR) is 86.2 cm³/mol. The first kappa shape index (κ1) is 15.1. The molecule has 0 amide bonds. The number of nitrogens with one attached hydrogen (secondary N) is 1.